The highest BCUT2D eigenvalue weighted by molar-refractivity contribution is 5.85. The fraction of sp³-hybridized carbons (Fsp3) is 0.833. The van der Waals surface area contributed by atoms with Gasteiger partial charge >= 0.3 is 5.97 Å². The maximum atomic E-state index is 12.4. The molecule has 0 aromatic carbocycles. The first-order valence-corrected chi connectivity index (χ1v) is 9.22. The van der Waals surface area contributed by atoms with Crippen molar-refractivity contribution in [2.75, 3.05) is 26.7 Å². The minimum absolute atomic E-state index is 0.0515. The number of carbonyl (C=O) groups excluding carboxylic acids is 2. The molecular formula is C18H30N2O4. The highest BCUT2D eigenvalue weighted by atomic mass is 16.4. The average molecular weight is 338 g/mol. The van der Waals surface area contributed by atoms with Gasteiger partial charge in [0.1, 0.15) is 0 Å². The van der Waals surface area contributed by atoms with E-state index in [1.54, 1.807) is 11.9 Å². The van der Waals surface area contributed by atoms with Crippen LogP contribution >= 0.6 is 0 Å². The normalized spacial score (nSPS) is 20.5. The fourth-order valence-electron chi connectivity index (χ4n) is 3.74. The number of amides is 2. The summed E-state index contributed by atoms with van der Waals surface area (Å²) in [5, 5.41) is 9.00. The summed E-state index contributed by atoms with van der Waals surface area (Å²) in [6.07, 6.45) is 8.74. The molecule has 2 amide bonds. The number of hydrogen-bond donors (Lipinski definition) is 1. The lowest BCUT2D eigenvalue weighted by Crippen LogP contribution is -2.45. The van der Waals surface area contributed by atoms with Gasteiger partial charge in [0.15, 0.2) is 0 Å². The molecule has 0 radical (unpaired) electrons. The molecule has 2 rings (SSSR count). The van der Waals surface area contributed by atoms with Crippen molar-refractivity contribution in [3.8, 4) is 0 Å². The fourth-order valence-corrected chi connectivity index (χ4v) is 3.74. The van der Waals surface area contributed by atoms with Crippen molar-refractivity contribution in [1.29, 1.82) is 0 Å². The Labute approximate surface area is 144 Å². The Kier molecular flexibility index (Phi) is 7.06. The second kappa shape index (κ2) is 9.04. The first kappa shape index (κ1) is 18.7. The van der Waals surface area contributed by atoms with Crippen LogP contribution in [0.1, 0.15) is 57.8 Å². The zero-order valence-corrected chi connectivity index (χ0v) is 14.7. The molecule has 136 valence electrons. The molecule has 1 N–H and O–H groups in total. The van der Waals surface area contributed by atoms with Crippen LogP contribution in [0.2, 0.25) is 0 Å². The predicted molar refractivity (Wildman–Crippen MR) is 90.4 cm³/mol. The van der Waals surface area contributed by atoms with Crippen molar-refractivity contribution in [2.45, 2.75) is 57.8 Å². The lowest BCUT2D eigenvalue weighted by atomic mass is 9.96. The molecular weight excluding hydrogens is 308 g/mol. The smallest absolute Gasteiger partial charge is 0.306 e. The van der Waals surface area contributed by atoms with Crippen LogP contribution in [0.3, 0.4) is 0 Å². The highest BCUT2D eigenvalue weighted by Crippen LogP contribution is 2.26. The number of likely N-dealkylation sites (tertiary alicyclic amines) is 1. The number of rotatable bonds is 5. The van der Waals surface area contributed by atoms with Gasteiger partial charge in [-0.25, -0.2) is 0 Å². The zero-order valence-electron chi connectivity index (χ0n) is 14.7. The van der Waals surface area contributed by atoms with Gasteiger partial charge in [-0.05, 0) is 31.6 Å². The van der Waals surface area contributed by atoms with Crippen molar-refractivity contribution in [2.24, 2.45) is 11.8 Å². The summed E-state index contributed by atoms with van der Waals surface area (Å²) in [5.74, 6) is -0.684. The van der Waals surface area contributed by atoms with E-state index in [0.717, 1.165) is 12.8 Å². The van der Waals surface area contributed by atoms with E-state index in [0.29, 0.717) is 38.3 Å². The molecule has 2 aliphatic rings. The molecule has 1 saturated carbocycles. The van der Waals surface area contributed by atoms with E-state index in [-0.39, 0.29) is 24.3 Å². The lowest BCUT2D eigenvalue weighted by molar-refractivity contribution is -0.146. The number of piperidine rings is 1. The zero-order chi connectivity index (χ0) is 17.5. The maximum Gasteiger partial charge on any atom is 0.306 e. The summed E-state index contributed by atoms with van der Waals surface area (Å²) in [4.78, 5) is 38.9. The Balaban J connectivity index is 1.74. The molecule has 0 spiro atoms. The minimum atomic E-state index is -0.780. The summed E-state index contributed by atoms with van der Waals surface area (Å²) >= 11 is 0. The molecule has 0 unspecified atom stereocenters. The molecule has 0 aromatic heterocycles. The summed E-state index contributed by atoms with van der Waals surface area (Å²) in [6, 6.07) is 0. The highest BCUT2D eigenvalue weighted by Gasteiger charge is 2.28. The topological polar surface area (TPSA) is 77.9 Å². The van der Waals surface area contributed by atoms with Crippen LogP contribution in [0.15, 0.2) is 0 Å². The third-order valence-corrected chi connectivity index (χ3v) is 5.43. The average Bonchev–Trinajstić information content (AvgIpc) is 2.83. The summed E-state index contributed by atoms with van der Waals surface area (Å²) in [7, 11) is 1.70. The van der Waals surface area contributed by atoms with Gasteiger partial charge < -0.3 is 14.9 Å². The van der Waals surface area contributed by atoms with Gasteiger partial charge in [0, 0.05) is 26.6 Å². The number of likely N-dealkylation sites (N-methyl/N-ethyl adjacent to an activating group) is 1. The van der Waals surface area contributed by atoms with Gasteiger partial charge in [0.2, 0.25) is 11.8 Å². The van der Waals surface area contributed by atoms with E-state index in [4.69, 9.17) is 5.11 Å². The number of aliphatic carboxylic acids is 1. The van der Waals surface area contributed by atoms with Crippen LogP contribution in [0, 0.1) is 11.8 Å². The van der Waals surface area contributed by atoms with Crippen molar-refractivity contribution >= 4 is 17.8 Å². The van der Waals surface area contributed by atoms with E-state index in [2.05, 4.69) is 0 Å². The third kappa shape index (κ3) is 5.49. The van der Waals surface area contributed by atoms with Crippen LogP contribution in [-0.4, -0.2) is 59.4 Å². The first-order valence-electron chi connectivity index (χ1n) is 9.22. The van der Waals surface area contributed by atoms with E-state index in [9.17, 15) is 14.4 Å². The van der Waals surface area contributed by atoms with Gasteiger partial charge in [-0.2, -0.15) is 0 Å². The lowest BCUT2D eigenvalue weighted by Gasteiger charge is -2.31. The SMILES string of the molecule is CN(CC(=O)N1CCC(C(=O)O)CC1)C(=O)CC1CCCCCC1. The molecule has 0 aromatic rings. The summed E-state index contributed by atoms with van der Waals surface area (Å²) < 4.78 is 0. The van der Waals surface area contributed by atoms with Crippen LogP contribution in [-0.2, 0) is 14.4 Å². The minimum Gasteiger partial charge on any atom is -0.481 e. The van der Waals surface area contributed by atoms with Crippen molar-refractivity contribution in [3.63, 3.8) is 0 Å². The van der Waals surface area contributed by atoms with Crippen molar-refractivity contribution in [1.82, 2.24) is 9.80 Å². The second-order valence-corrected chi connectivity index (χ2v) is 7.30. The van der Waals surface area contributed by atoms with Gasteiger partial charge in [-0.15, -0.1) is 0 Å². The van der Waals surface area contributed by atoms with E-state index in [1.165, 1.54) is 30.6 Å². The van der Waals surface area contributed by atoms with Gasteiger partial charge in [-0.3, -0.25) is 14.4 Å². The maximum absolute atomic E-state index is 12.4. The second-order valence-electron chi connectivity index (χ2n) is 7.30. The molecule has 1 aliphatic carbocycles. The standard InChI is InChI=1S/C18H30N2O4/c1-19(16(21)12-14-6-4-2-3-5-7-14)13-17(22)20-10-8-15(9-11-20)18(23)24/h14-15H,2-13H2,1H3,(H,23,24). The Hall–Kier alpha value is -1.59. The number of nitrogens with zero attached hydrogens (tertiary/aromatic N) is 2. The van der Waals surface area contributed by atoms with Gasteiger partial charge in [0.05, 0.1) is 12.5 Å². The van der Waals surface area contributed by atoms with Gasteiger partial charge in [-0.1, -0.05) is 25.7 Å². The number of carbonyl (C=O) groups is 3. The monoisotopic (exact) mass is 338 g/mol. The summed E-state index contributed by atoms with van der Waals surface area (Å²) in [5.41, 5.74) is 0. The van der Waals surface area contributed by atoms with Crippen LogP contribution in [0.5, 0.6) is 0 Å². The van der Waals surface area contributed by atoms with E-state index >= 15 is 0 Å². The molecule has 0 bridgehead atoms. The van der Waals surface area contributed by atoms with Crippen LogP contribution in [0.25, 0.3) is 0 Å². The van der Waals surface area contributed by atoms with E-state index < -0.39 is 5.97 Å². The quantitative estimate of drug-likeness (QED) is 0.779. The largest absolute Gasteiger partial charge is 0.481 e. The number of carboxylic acid groups (broad SMARTS) is 1. The molecule has 6 heteroatoms. The molecule has 0 atom stereocenters. The molecule has 1 heterocycles. The Bertz CT molecular complexity index is 450. The van der Waals surface area contributed by atoms with Crippen LogP contribution < -0.4 is 0 Å². The molecule has 2 fully saturated rings. The molecule has 1 aliphatic heterocycles. The third-order valence-electron chi connectivity index (χ3n) is 5.43. The summed E-state index contributed by atoms with van der Waals surface area (Å²) in [6.45, 7) is 1.05. The Morgan fingerprint density at radius 1 is 1.00 bits per heavy atom. The number of hydrogen-bond acceptors (Lipinski definition) is 3. The van der Waals surface area contributed by atoms with Crippen LogP contribution in [0.4, 0.5) is 0 Å². The van der Waals surface area contributed by atoms with Crippen molar-refractivity contribution in [3.05, 3.63) is 0 Å². The molecule has 1 saturated heterocycles. The first-order chi connectivity index (χ1) is 11.5. The predicted octanol–water partition coefficient (Wildman–Crippen LogP) is 2.13. The number of carboxylic acids is 1. The molecule has 24 heavy (non-hydrogen) atoms. The van der Waals surface area contributed by atoms with Gasteiger partial charge in [0.25, 0.3) is 0 Å². The molecule has 6 nitrogen and oxygen atoms in total. The van der Waals surface area contributed by atoms with E-state index in [1.807, 2.05) is 0 Å². The van der Waals surface area contributed by atoms with Crippen molar-refractivity contribution < 1.29 is 19.5 Å². The Morgan fingerprint density at radius 2 is 1.58 bits per heavy atom. The Morgan fingerprint density at radius 3 is 2.12 bits per heavy atom.